The molecular formula is C15H23N5O2. The summed E-state index contributed by atoms with van der Waals surface area (Å²) in [4.78, 5) is 12.3. The second-order valence-electron chi connectivity index (χ2n) is 5.58. The lowest BCUT2D eigenvalue weighted by Crippen LogP contribution is -2.46. The van der Waals surface area contributed by atoms with E-state index in [2.05, 4.69) is 20.9 Å². The van der Waals surface area contributed by atoms with E-state index < -0.39 is 0 Å². The third-order valence-electron chi connectivity index (χ3n) is 3.31. The second-order valence-corrected chi connectivity index (χ2v) is 5.58. The minimum absolute atomic E-state index is 0.112. The number of carbonyl (C=O) groups is 1. The number of hydrogen-bond acceptors (Lipinski definition) is 5. The number of aromatic nitrogens is 3. The van der Waals surface area contributed by atoms with E-state index in [9.17, 15) is 4.79 Å². The molecule has 1 amide bonds. The highest BCUT2D eigenvalue weighted by Crippen LogP contribution is 2.08. The number of hydrogen-bond donors (Lipinski definition) is 2. The van der Waals surface area contributed by atoms with Crippen molar-refractivity contribution >= 4 is 11.7 Å². The van der Waals surface area contributed by atoms with E-state index in [1.54, 1.807) is 13.0 Å². The Hall–Kier alpha value is -2.15. The van der Waals surface area contributed by atoms with Gasteiger partial charge in [0, 0.05) is 18.3 Å². The van der Waals surface area contributed by atoms with Gasteiger partial charge in [-0.2, -0.15) is 5.10 Å². The van der Waals surface area contributed by atoms with E-state index in [0.717, 1.165) is 5.56 Å². The van der Waals surface area contributed by atoms with Crippen LogP contribution in [0.3, 0.4) is 0 Å². The van der Waals surface area contributed by atoms with E-state index >= 15 is 0 Å². The molecule has 0 saturated heterocycles. The zero-order valence-electron chi connectivity index (χ0n) is 13.5. The largest absolute Gasteiger partial charge is 0.360 e. The number of rotatable bonds is 7. The minimum atomic E-state index is -0.288. The van der Waals surface area contributed by atoms with Crippen molar-refractivity contribution in [1.29, 1.82) is 0 Å². The van der Waals surface area contributed by atoms with Crippen molar-refractivity contribution in [3.8, 4) is 0 Å². The predicted molar refractivity (Wildman–Crippen MR) is 83.5 cm³/mol. The summed E-state index contributed by atoms with van der Waals surface area (Å²) in [5.41, 5.74) is 1.12. The van der Waals surface area contributed by atoms with E-state index in [1.165, 1.54) is 0 Å². The molecule has 2 heterocycles. The number of carbonyl (C=O) groups excluding carboxylic acids is 1. The van der Waals surface area contributed by atoms with Crippen molar-refractivity contribution in [3.63, 3.8) is 0 Å². The van der Waals surface area contributed by atoms with Crippen LogP contribution in [0.1, 0.15) is 31.6 Å². The van der Waals surface area contributed by atoms with Gasteiger partial charge in [0.05, 0.1) is 18.8 Å². The fraction of sp³-hybridized carbons (Fsp3) is 0.533. The molecule has 120 valence electrons. The molecule has 0 aliphatic heterocycles. The van der Waals surface area contributed by atoms with Crippen molar-refractivity contribution in [2.45, 2.75) is 52.7 Å². The monoisotopic (exact) mass is 305 g/mol. The molecule has 0 aliphatic carbocycles. The Balaban J connectivity index is 1.88. The maximum absolute atomic E-state index is 12.3. The predicted octanol–water partition coefficient (Wildman–Crippen LogP) is 1.88. The Morgan fingerprint density at radius 2 is 2.23 bits per heavy atom. The van der Waals surface area contributed by atoms with E-state index in [0.29, 0.717) is 24.5 Å². The highest BCUT2D eigenvalue weighted by atomic mass is 16.5. The number of amides is 1. The first kappa shape index (κ1) is 16.2. The molecule has 22 heavy (non-hydrogen) atoms. The molecule has 2 rings (SSSR count). The Kier molecular flexibility index (Phi) is 5.32. The van der Waals surface area contributed by atoms with Crippen LogP contribution in [0.2, 0.25) is 0 Å². The molecule has 0 bridgehead atoms. The van der Waals surface area contributed by atoms with Gasteiger partial charge in [-0.15, -0.1) is 0 Å². The van der Waals surface area contributed by atoms with Crippen LogP contribution in [0.15, 0.2) is 23.0 Å². The summed E-state index contributed by atoms with van der Waals surface area (Å²) >= 11 is 0. The minimum Gasteiger partial charge on any atom is -0.360 e. The third kappa shape index (κ3) is 4.42. The first-order valence-corrected chi connectivity index (χ1v) is 7.47. The van der Waals surface area contributed by atoms with Crippen LogP contribution in [-0.4, -0.2) is 32.9 Å². The average Bonchev–Trinajstić information content (AvgIpc) is 3.04. The van der Waals surface area contributed by atoms with Crippen LogP contribution >= 0.6 is 0 Å². The topological polar surface area (TPSA) is 85.0 Å². The van der Waals surface area contributed by atoms with Crippen molar-refractivity contribution in [1.82, 2.24) is 20.3 Å². The normalized spacial score (nSPS) is 13.8. The van der Waals surface area contributed by atoms with Crippen molar-refractivity contribution < 1.29 is 9.32 Å². The summed E-state index contributed by atoms with van der Waals surface area (Å²) in [6, 6.07) is 1.53. The molecule has 0 radical (unpaired) electrons. The molecule has 7 heteroatoms. The van der Waals surface area contributed by atoms with Crippen LogP contribution in [0.25, 0.3) is 0 Å². The molecular weight excluding hydrogens is 282 g/mol. The van der Waals surface area contributed by atoms with Gasteiger partial charge >= 0.3 is 0 Å². The van der Waals surface area contributed by atoms with E-state index in [-0.39, 0.29) is 18.0 Å². The fourth-order valence-electron chi connectivity index (χ4n) is 2.26. The summed E-state index contributed by atoms with van der Waals surface area (Å²) < 4.78 is 6.82. The number of aryl methyl sites for hydroxylation is 2. The van der Waals surface area contributed by atoms with Gasteiger partial charge in [0.2, 0.25) is 5.91 Å². The molecule has 2 aromatic rings. The molecule has 2 N–H and O–H groups in total. The lowest BCUT2D eigenvalue weighted by Gasteiger charge is -2.21. The molecule has 2 atom stereocenters. The smallest absolute Gasteiger partial charge is 0.242 e. The summed E-state index contributed by atoms with van der Waals surface area (Å²) in [5.74, 6) is 0.996. The molecule has 0 aromatic carbocycles. The fourth-order valence-corrected chi connectivity index (χ4v) is 2.26. The van der Waals surface area contributed by atoms with Crippen LogP contribution in [-0.2, 0) is 11.3 Å². The Bertz CT molecular complexity index is 619. The molecule has 2 unspecified atom stereocenters. The number of anilines is 1. The van der Waals surface area contributed by atoms with Crippen molar-refractivity contribution in [3.05, 3.63) is 29.8 Å². The first-order valence-electron chi connectivity index (χ1n) is 7.47. The van der Waals surface area contributed by atoms with E-state index in [1.807, 2.05) is 37.8 Å². The van der Waals surface area contributed by atoms with Gasteiger partial charge < -0.3 is 15.2 Å². The van der Waals surface area contributed by atoms with Crippen LogP contribution in [0.4, 0.5) is 5.82 Å². The highest BCUT2D eigenvalue weighted by Gasteiger charge is 2.20. The van der Waals surface area contributed by atoms with Crippen LogP contribution in [0.5, 0.6) is 0 Å². The molecule has 0 aliphatic rings. The van der Waals surface area contributed by atoms with Gasteiger partial charge in [-0.1, -0.05) is 12.1 Å². The number of nitrogens with zero attached hydrogens (tertiary/aromatic N) is 3. The first-order chi connectivity index (χ1) is 10.5. The summed E-state index contributed by atoms with van der Waals surface area (Å²) in [7, 11) is 0. The van der Waals surface area contributed by atoms with Crippen molar-refractivity contribution in [2.24, 2.45) is 0 Å². The maximum atomic E-state index is 12.3. The lowest BCUT2D eigenvalue weighted by atomic mass is 10.1. The number of nitrogens with one attached hydrogen (secondary N) is 2. The van der Waals surface area contributed by atoms with Gasteiger partial charge in [-0.05, 0) is 32.8 Å². The third-order valence-corrected chi connectivity index (χ3v) is 3.31. The molecule has 0 fully saturated rings. The second kappa shape index (κ2) is 7.22. The van der Waals surface area contributed by atoms with E-state index in [4.69, 9.17) is 4.52 Å². The highest BCUT2D eigenvalue weighted by molar-refractivity contribution is 5.93. The quantitative estimate of drug-likeness (QED) is 0.816. The van der Waals surface area contributed by atoms with Crippen LogP contribution < -0.4 is 10.6 Å². The van der Waals surface area contributed by atoms with Crippen molar-refractivity contribution in [2.75, 3.05) is 5.32 Å². The Morgan fingerprint density at radius 3 is 2.77 bits per heavy atom. The standard InChI is InChI=1S/C15H23N5O2/c1-5-13(15(21)18-14-6-12(4)22-19-14)17-11(3)9-20-8-10(2)7-16-20/h6-8,11,13,17H,5,9H2,1-4H3,(H,18,19,21). The summed E-state index contributed by atoms with van der Waals surface area (Å²) in [5, 5.41) is 14.1. The zero-order valence-corrected chi connectivity index (χ0v) is 13.5. The lowest BCUT2D eigenvalue weighted by molar-refractivity contribution is -0.118. The summed E-state index contributed by atoms with van der Waals surface area (Å²) in [6.07, 6.45) is 4.49. The molecule has 2 aromatic heterocycles. The van der Waals surface area contributed by atoms with Gasteiger partial charge in [-0.25, -0.2) is 0 Å². The SMILES string of the molecule is CCC(NC(C)Cn1cc(C)cn1)C(=O)Nc1cc(C)on1. The molecule has 0 saturated carbocycles. The average molecular weight is 305 g/mol. The van der Waals surface area contributed by atoms with Gasteiger partial charge in [0.15, 0.2) is 5.82 Å². The van der Waals surface area contributed by atoms with Gasteiger partial charge in [0.1, 0.15) is 5.76 Å². The Labute approximate surface area is 130 Å². The van der Waals surface area contributed by atoms with Gasteiger partial charge in [-0.3, -0.25) is 9.48 Å². The Morgan fingerprint density at radius 1 is 1.45 bits per heavy atom. The van der Waals surface area contributed by atoms with Gasteiger partial charge in [0.25, 0.3) is 0 Å². The molecule has 7 nitrogen and oxygen atoms in total. The summed E-state index contributed by atoms with van der Waals surface area (Å²) in [6.45, 7) is 8.50. The van der Waals surface area contributed by atoms with Crippen LogP contribution in [0, 0.1) is 13.8 Å². The maximum Gasteiger partial charge on any atom is 0.242 e. The zero-order chi connectivity index (χ0) is 16.1. The molecule has 0 spiro atoms.